The lowest BCUT2D eigenvalue weighted by Gasteiger charge is -2.18. The van der Waals surface area contributed by atoms with Crippen LogP contribution in [0.25, 0.3) is 0 Å². The Balaban J connectivity index is 2.51. The van der Waals surface area contributed by atoms with E-state index >= 15 is 0 Å². The summed E-state index contributed by atoms with van der Waals surface area (Å²) in [6.07, 6.45) is 2.03. The predicted octanol–water partition coefficient (Wildman–Crippen LogP) is 6.60. The van der Waals surface area contributed by atoms with E-state index in [-0.39, 0.29) is 4.83 Å². The third-order valence-corrected chi connectivity index (χ3v) is 5.35. The second kappa shape index (κ2) is 6.98. The van der Waals surface area contributed by atoms with E-state index in [1.54, 1.807) is 0 Å². The Kier molecular flexibility index (Phi) is 5.54. The standard InChI is InChI=1S/C17H17BrCl2/c1-3-11-8-9-12(4-2)14(10-11)16(18)13-6-5-7-15(19)17(13)20/h5-10,16H,3-4H2,1-2H3. The molecule has 0 saturated carbocycles. The second-order valence-corrected chi connectivity index (χ2v) is 6.45. The van der Waals surface area contributed by atoms with Gasteiger partial charge in [-0.15, -0.1) is 0 Å². The van der Waals surface area contributed by atoms with Crippen molar-refractivity contribution in [2.45, 2.75) is 31.5 Å². The second-order valence-electron chi connectivity index (χ2n) is 4.75. The number of alkyl halides is 1. The summed E-state index contributed by atoms with van der Waals surface area (Å²) in [5, 5.41) is 1.22. The highest BCUT2D eigenvalue weighted by atomic mass is 79.9. The first-order chi connectivity index (χ1) is 9.58. The van der Waals surface area contributed by atoms with Gasteiger partial charge in [-0.1, -0.05) is 83.3 Å². The van der Waals surface area contributed by atoms with Crippen LogP contribution in [0.4, 0.5) is 0 Å². The third-order valence-electron chi connectivity index (χ3n) is 3.53. The van der Waals surface area contributed by atoms with Crippen molar-refractivity contribution in [1.29, 1.82) is 0 Å². The molecule has 0 radical (unpaired) electrons. The minimum atomic E-state index is 0.0650. The average molecular weight is 372 g/mol. The van der Waals surface area contributed by atoms with Crippen molar-refractivity contribution in [3.05, 3.63) is 68.7 Å². The summed E-state index contributed by atoms with van der Waals surface area (Å²) < 4.78 is 0. The van der Waals surface area contributed by atoms with Gasteiger partial charge in [0.1, 0.15) is 0 Å². The number of rotatable bonds is 4. The van der Waals surface area contributed by atoms with Gasteiger partial charge in [0.15, 0.2) is 0 Å². The van der Waals surface area contributed by atoms with Crippen LogP contribution >= 0.6 is 39.1 Å². The van der Waals surface area contributed by atoms with Crippen LogP contribution in [0.15, 0.2) is 36.4 Å². The summed E-state index contributed by atoms with van der Waals surface area (Å²) in [5.74, 6) is 0. The molecule has 0 N–H and O–H groups in total. The van der Waals surface area contributed by atoms with E-state index in [2.05, 4.69) is 48.0 Å². The quantitative estimate of drug-likeness (QED) is 0.531. The Labute approximate surface area is 139 Å². The Hall–Kier alpha value is -0.500. The fraction of sp³-hybridized carbons (Fsp3) is 0.294. The smallest absolute Gasteiger partial charge is 0.0662 e. The molecule has 3 heteroatoms. The van der Waals surface area contributed by atoms with Crippen LogP contribution < -0.4 is 0 Å². The lowest BCUT2D eigenvalue weighted by molar-refractivity contribution is 1.03. The number of halogens is 3. The van der Waals surface area contributed by atoms with Gasteiger partial charge < -0.3 is 0 Å². The molecule has 0 aliphatic carbocycles. The van der Waals surface area contributed by atoms with Crippen LogP contribution in [0.1, 0.15) is 40.9 Å². The van der Waals surface area contributed by atoms with Gasteiger partial charge in [-0.2, -0.15) is 0 Å². The summed E-state index contributed by atoms with van der Waals surface area (Å²) in [5.41, 5.74) is 4.96. The molecule has 0 amide bonds. The molecule has 20 heavy (non-hydrogen) atoms. The first-order valence-electron chi connectivity index (χ1n) is 6.78. The van der Waals surface area contributed by atoms with E-state index in [1.165, 1.54) is 16.7 Å². The first kappa shape index (κ1) is 15.9. The molecule has 2 rings (SSSR count). The van der Waals surface area contributed by atoms with Crippen LogP contribution in [-0.2, 0) is 12.8 Å². The molecule has 0 aliphatic rings. The molecule has 2 aromatic rings. The number of benzene rings is 2. The summed E-state index contributed by atoms with van der Waals surface area (Å²) in [6.45, 7) is 4.34. The maximum absolute atomic E-state index is 6.35. The van der Waals surface area contributed by atoms with Crippen molar-refractivity contribution in [2.24, 2.45) is 0 Å². The Bertz CT molecular complexity index is 608. The van der Waals surface area contributed by atoms with Crippen molar-refractivity contribution in [1.82, 2.24) is 0 Å². The van der Waals surface area contributed by atoms with E-state index in [9.17, 15) is 0 Å². The van der Waals surface area contributed by atoms with Gasteiger partial charge in [0.2, 0.25) is 0 Å². The number of hydrogen-bond acceptors (Lipinski definition) is 0. The lowest BCUT2D eigenvalue weighted by Crippen LogP contribution is -2.00. The fourth-order valence-electron chi connectivity index (χ4n) is 2.31. The van der Waals surface area contributed by atoms with Gasteiger partial charge >= 0.3 is 0 Å². The normalized spacial score (nSPS) is 12.4. The fourth-order valence-corrected chi connectivity index (χ4v) is 3.66. The zero-order valence-electron chi connectivity index (χ0n) is 11.6. The van der Waals surface area contributed by atoms with Gasteiger partial charge in [0.05, 0.1) is 14.9 Å². The Morgan fingerprint density at radius 2 is 1.75 bits per heavy atom. The summed E-state index contributed by atoms with van der Waals surface area (Å²) in [6, 6.07) is 12.4. The average Bonchev–Trinajstić information content (AvgIpc) is 2.48. The molecule has 0 bridgehead atoms. The molecule has 1 unspecified atom stereocenters. The van der Waals surface area contributed by atoms with Crippen molar-refractivity contribution in [3.8, 4) is 0 Å². The third kappa shape index (κ3) is 3.21. The molecular formula is C17H17BrCl2. The molecule has 0 spiro atoms. The molecule has 2 aromatic carbocycles. The van der Waals surface area contributed by atoms with Crippen molar-refractivity contribution in [3.63, 3.8) is 0 Å². The van der Waals surface area contributed by atoms with E-state index < -0.39 is 0 Å². The monoisotopic (exact) mass is 370 g/mol. The minimum absolute atomic E-state index is 0.0650. The first-order valence-corrected chi connectivity index (χ1v) is 8.45. The predicted molar refractivity (Wildman–Crippen MR) is 92.4 cm³/mol. The zero-order valence-corrected chi connectivity index (χ0v) is 14.7. The number of hydrogen-bond donors (Lipinski definition) is 0. The highest BCUT2D eigenvalue weighted by Crippen LogP contribution is 2.39. The van der Waals surface area contributed by atoms with Gasteiger partial charge in [0.25, 0.3) is 0 Å². The maximum atomic E-state index is 6.35. The molecule has 0 aliphatic heterocycles. The molecule has 0 fully saturated rings. The molecule has 0 nitrogen and oxygen atoms in total. The zero-order chi connectivity index (χ0) is 14.7. The van der Waals surface area contributed by atoms with E-state index in [0.717, 1.165) is 18.4 Å². The van der Waals surface area contributed by atoms with Crippen LogP contribution in [-0.4, -0.2) is 0 Å². The molecule has 0 aromatic heterocycles. The van der Waals surface area contributed by atoms with E-state index in [4.69, 9.17) is 23.2 Å². The minimum Gasteiger partial charge on any atom is -0.0827 e. The molecular weight excluding hydrogens is 355 g/mol. The Morgan fingerprint density at radius 3 is 2.40 bits per heavy atom. The molecule has 0 heterocycles. The van der Waals surface area contributed by atoms with Gasteiger partial charge in [-0.25, -0.2) is 0 Å². The Morgan fingerprint density at radius 1 is 1.00 bits per heavy atom. The van der Waals surface area contributed by atoms with Crippen LogP contribution in [0.3, 0.4) is 0 Å². The summed E-state index contributed by atoms with van der Waals surface area (Å²) in [7, 11) is 0. The van der Waals surface area contributed by atoms with Gasteiger partial charge in [-0.3, -0.25) is 0 Å². The largest absolute Gasteiger partial charge is 0.0827 e. The molecule has 0 saturated heterocycles. The van der Waals surface area contributed by atoms with Gasteiger partial charge in [0, 0.05) is 0 Å². The van der Waals surface area contributed by atoms with Crippen molar-refractivity contribution >= 4 is 39.1 Å². The van der Waals surface area contributed by atoms with Crippen molar-refractivity contribution in [2.75, 3.05) is 0 Å². The maximum Gasteiger partial charge on any atom is 0.0662 e. The number of aryl methyl sites for hydroxylation is 2. The molecule has 1 atom stereocenters. The summed E-state index contributed by atoms with van der Waals surface area (Å²) in [4.78, 5) is 0.0650. The molecule has 106 valence electrons. The SMILES string of the molecule is CCc1ccc(CC)c(C(Br)c2cccc(Cl)c2Cl)c1. The van der Waals surface area contributed by atoms with Crippen LogP contribution in [0.5, 0.6) is 0 Å². The van der Waals surface area contributed by atoms with Crippen LogP contribution in [0.2, 0.25) is 10.0 Å². The van der Waals surface area contributed by atoms with Crippen LogP contribution in [0, 0.1) is 0 Å². The lowest BCUT2D eigenvalue weighted by atomic mass is 9.95. The van der Waals surface area contributed by atoms with Gasteiger partial charge in [-0.05, 0) is 41.2 Å². The van der Waals surface area contributed by atoms with E-state index in [0.29, 0.717) is 10.0 Å². The summed E-state index contributed by atoms with van der Waals surface area (Å²) >= 11 is 16.3. The van der Waals surface area contributed by atoms with Crippen molar-refractivity contribution < 1.29 is 0 Å². The topological polar surface area (TPSA) is 0 Å². The highest BCUT2D eigenvalue weighted by Gasteiger charge is 2.18. The van der Waals surface area contributed by atoms with E-state index in [1.807, 2.05) is 18.2 Å². The highest BCUT2D eigenvalue weighted by molar-refractivity contribution is 9.09.